The van der Waals surface area contributed by atoms with Gasteiger partial charge in [-0.15, -0.1) is 0 Å². The molecule has 29 heavy (non-hydrogen) atoms. The number of fused-ring (bicyclic) bond motifs is 3. The number of para-hydroxylation sites is 1. The Morgan fingerprint density at radius 1 is 1.10 bits per heavy atom. The summed E-state index contributed by atoms with van der Waals surface area (Å²) in [6.07, 6.45) is 4.53. The Labute approximate surface area is 166 Å². The van der Waals surface area contributed by atoms with Crippen molar-refractivity contribution < 1.29 is 29.0 Å². The number of hydrogen-bond acceptors (Lipinski definition) is 7. The minimum atomic E-state index is -1.14. The number of hydrogen-bond donors (Lipinski definition) is 1. The number of benzene rings is 2. The number of carboxylic acid groups (broad SMARTS) is 1. The van der Waals surface area contributed by atoms with Gasteiger partial charge in [0.15, 0.2) is 0 Å². The first kappa shape index (κ1) is 18.7. The van der Waals surface area contributed by atoms with Gasteiger partial charge in [0.2, 0.25) is 0 Å². The fourth-order valence-electron chi connectivity index (χ4n) is 3.95. The van der Waals surface area contributed by atoms with Crippen LogP contribution in [0.5, 0.6) is 5.75 Å². The molecule has 2 aromatic rings. The molecule has 1 N–H and O–H groups in total. The number of rotatable bonds is 4. The highest BCUT2D eigenvalue weighted by atomic mass is 16.5. The molecule has 1 heterocycles. The number of carbonyl (C=O) groups is 3. The molecule has 148 valence electrons. The Bertz CT molecular complexity index is 1030. The molecule has 0 aromatic heterocycles. The van der Waals surface area contributed by atoms with Gasteiger partial charge in [0.1, 0.15) is 11.3 Å². The Morgan fingerprint density at radius 2 is 1.90 bits per heavy atom. The fraction of sp³-hybridized carbons (Fsp3) is 0.227. The molecule has 0 saturated heterocycles. The molecule has 0 spiro atoms. The predicted molar refractivity (Wildman–Crippen MR) is 102 cm³/mol. The molecule has 0 amide bonds. The van der Waals surface area contributed by atoms with Crippen molar-refractivity contribution in [3.05, 3.63) is 71.3 Å². The fourth-order valence-corrected chi connectivity index (χ4v) is 3.95. The third-order valence-electron chi connectivity index (χ3n) is 5.35. The normalized spacial score (nSPS) is 21.5. The summed E-state index contributed by atoms with van der Waals surface area (Å²) in [6.45, 7) is 0. The third kappa shape index (κ3) is 3.35. The van der Waals surface area contributed by atoms with Gasteiger partial charge >= 0.3 is 11.9 Å². The molecule has 7 nitrogen and oxygen atoms in total. The number of anilines is 1. The van der Waals surface area contributed by atoms with Gasteiger partial charge in [0.05, 0.1) is 24.7 Å². The molecular weight excluding hydrogens is 374 g/mol. The lowest BCUT2D eigenvalue weighted by molar-refractivity contribution is -0.308. The van der Waals surface area contributed by atoms with Crippen molar-refractivity contribution in [1.29, 1.82) is 0 Å². The second kappa shape index (κ2) is 7.43. The lowest BCUT2D eigenvalue weighted by Gasteiger charge is -2.37. The summed E-state index contributed by atoms with van der Waals surface area (Å²) >= 11 is 0. The highest BCUT2D eigenvalue weighted by Gasteiger charge is 2.38. The molecule has 0 fully saturated rings. The topological polar surface area (TPSA) is 105 Å². The van der Waals surface area contributed by atoms with Gasteiger partial charge in [-0.1, -0.05) is 24.3 Å². The highest BCUT2D eigenvalue weighted by molar-refractivity contribution is 5.96. The zero-order valence-corrected chi connectivity index (χ0v) is 15.6. The standard InChI is InChI=1S/C22H19NO6/c1-28-22(27)15-5-2-3-8-18(15)29-21(26)12-9-10-17-16(11-12)13-6-4-7-14(13)19(23-17)20(24)25/h2-6,8-11,13-14,19,23H,7H2,1H3,(H,24,25)/p-1/t13-,14-,19-/m1/s1. The molecule has 0 radical (unpaired) electrons. The molecule has 3 atom stereocenters. The van der Waals surface area contributed by atoms with Crippen molar-refractivity contribution in [2.75, 3.05) is 12.4 Å². The van der Waals surface area contributed by atoms with Gasteiger partial charge in [-0.25, -0.2) is 9.59 Å². The zero-order chi connectivity index (χ0) is 20.5. The second-order valence-corrected chi connectivity index (χ2v) is 6.97. The maximum Gasteiger partial charge on any atom is 0.343 e. The molecule has 4 rings (SSSR count). The number of allylic oxidation sites excluding steroid dienone is 2. The van der Waals surface area contributed by atoms with Crippen molar-refractivity contribution in [3.8, 4) is 5.75 Å². The lowest BCUT2D eigenvalue weighted by Crippen LogP contribution is -2.48. The zero-order valence-electron chi connectivity index (χ0n) is 15.6. The van der Waals surface area contributed by atoms with E-state index in [4.69, 9.17) is 9.47 Å². The van der Waals surface area contributed by atoms with Crippen LogP contribution in [0.1, 0.15) is 38.6 Å². The van der Waals surface area contributed by atoms with Crippen LogP contribution in [0.2, 0.25) is 0 Å². The first-order valence-electron chi connectivity index (χ1n) is 9.17. The van der Waals surface area contributed by atoms with E-state index in [9.17, 15) is 19.5 Å². The average Bonchev–Trinajstić information content (AvgIpc) is 3.22. The molecule has 0 saturated carbocycles. The van der Waals surface area contributed by atoms with Crippen LogP contribution in [0, 0.1) is 5.92 Å². The van der Waals surface area contributed by atoms with Crippen LogP contribution in [-0.2, 0) is 9.53 Å². The molecular formula is C22H18NO6-. The minimum absolute atomic E-state index is 0.107. The molecule has 0 unspecified atom stereocenters. The number of carbonyl (C=O) groups excluding carboxylic acids is 3. The third-order valence-corrected chi connectivity index (χ3v) is 5.35. The molecule has 7 heteroatoms. The molecule has 2 aliphatic rings. The second-order valence-electron chi connectivity index (χ2n) is 6.97. The Balaban J connectivity index is 1.63. The van der Waals surface area contributed by atoms with Gasteiger partial charge in [-0.3, -0.25) is 0 Å². The number of nitrogens with one attached hydrogen (secondary N) is 1. The smallest absolute Gasteiger partial charge is 0.343 e. The molecule has 0 bridgehead atoms. The van der Waals surface area contributed by atoms with Crippen LogP contribution in [-0.4, -0.2) is 31.1 Å². The number of aliphatic carboxylic acids is 1. The molecule has 2 aromatic carbocycles. The van der Waals surface area contributed by atoms with E-state index in [1.54, 1.807) is 30.3 Å². The summed E-state index contributed by atoms with van der Waals surface area (Å²) in [6, 6.07) is 10.5. The SMILES string of the molecule is COC(=O)c1ccccc1OC(=O)c1ccc2c(c1)[C@@H]1C=CC[C@H]1[C@H](C(=O)[O-])N2. The van der Waals surface area contributed by atoms with Crippen molar-refractivity contribution in [2.45, 2.75) is 18.4 Å². The van der Waals surface area contributed by atoms with E-state index in [1.807, 2.05) is 12.2 Å². The van der Waals surface area contributed by atoms with Crippen LogP contribution < -0.4 is 15.2 Å². The summed E-state index contributed by atoms with van der Waals surface area (Å²) in [7, 11) is 1.25. The van der Waals surface area contributed by atoms with Gasteiger partial charge in [-0.2, -0.15) is 0 Å². The van der Waals surface area contributed by atoms with Crippen molar-refractivity contribution >= 4 is 23.6 Å². The number of methoxy groups -OCH3 is 1. The Kier molecular flexibility index (Phi) is 4.80. The minimum Gasteiger partial charge on any atom is -0.548 e. The Morgan fingerprint density at radius 3 is 2.66 bits per heavy atom. The lowest BCUT2D eigenvalue weighted by atomic mass is 9.79. The van der Waals surface area contributed by atoms with E-state index in [2.05, 4.69) is 5.32 Å². The van der Waals surface area contributed by atoms with Gasteiger partial charge < -0.3 is 24.7 Å². The van der Waals surface area contributed by atoms with Crippen LogP contribution in [0.25, 0.3) is 0 Å². The van der Waals surface area contributed by atoms with Gasteiger partial charge in [0.25, 0.3) is 0 Å². The molecule has 1 aliphatic heterocycles. The first-order chi connectivity index (χ1) is 14.0. The molecule has 1 aliphatic carbocycles. The quantitative estimate of drug-likeness (QED) is 0.481. The van der Waals surface area contributed by atoms with E-state index in [0.29, 0.717) is 17.7 Å². The maximum absolute atomic E-state index is 12.7. The van der Waals surface area contributed by atoms with E-state index in [-0.39, 0.29) is 23.1 Å². The van der Waals surface area contributed by atoms with Crippen molar-refractivity contribution in [2.24, 2.45) is 5.92 Å². The number of esters is 2. The van der Waals surface area contributed by atoms with E-state index in [0.717, 1.165) is 5.56 Å². The van der Waals surface area contributed by atoms with Crippen LogP contribution in [0.4, 0.5) is 5.69 Å². The van der Waals surface area contributed by atoms with Crippen LogP contribution in [0.3, 0.4) is 0 Å². The van der Waals surface area contributed by atoms with Gasteiger partial charge in [-0.05, 0) is 48.2 Å². The predicted octanol–water partition coefficient (Wildman–Crippen LogP) is 1.90. The average molecular weight is 392 g/mol. The Hall–Kier alpha value is -3.61. The number of carboxylic acids is 1. The van der Waals surface area contributed by atoms with E-state index >= 15 is 0 Å². The summed E-state index contributed by atoms with van der Waals surface area (Å²) in [5.74, 6) is -2.55. The van der Waals surface area contributed by atoms with E-state index in [1.165, 1.54) is 19.2 Å². The van der Waals surface area contributed by atoms with Crippen LogP contribution >= 0.6 is 0 Å². The summed E-state index contributed by atoms with van der Waals surface area (Å²) in [4.78, 5) is 36.1. The largest absolute Gasteiger partial charge is 0.548 e. The maximum atomic E-state index is 12.7. The van der Waals surface area contributed by atoms with Crippen molar-refractivity contribution in [3.63, 3.8) is 0 Å². The summed E-state index contributed by atoms with van der Waals surface area (Å²) < 4.78 is 10.2. The van der Waals surface area contributed by atoms with E-state index < -0.39 is 23.9 Å². The highest BCUT2D eigenvalue weighted by Crippen LogP contribution is 2.44. The summed E-state index contributed by atoms with van der Waals surface area (Å²) in [5.41, 5.74) is 1.94. The van der Waals surface area contributed by atoms with Gasteiger partial charge in [0, 0.05) is 11.6 Å². The number of ether oxygens (including phenoxy) is 2. The van der Waals surface area contributed by atoms with Crippen LogP contribution in [0.15, 0.2) is 54.6 Å². The monoisotopic (exact) mass is 392 g/mol. The first-order valence-corrected chi connectivity index (χ1v) is 9.17. The summed E-state index contributed by atoms with van der Waals surface area (Å²) in [5, 5.41) is 14.5. The van der Waals surface area contributed by atoms with Crippen molar-refractivity contribution in [1.82, 2.24) is 0 Å².